The Morgan fingerprint density at radius 2 is 2.00 bits per heavy atom. The summed E-state index contributed by atoms with van der Waals surface area (Å²) in [6.07, 6.45) is -0.231. The molecule has 1 aromatic rings. The highest BCUT2D eigenvalue weighted by Gasteiger charge is 2.20. The van der Waals surface area contributed by atoms with Gasteiger partial charge in [0.1, 0.15) is 11.3 Å². The minimum atomic E-state index is -0.546. The number of phenols is 1. The van der Waals surface area contributed by atoms with Gasteiger partial charge in [0.15, 0.2) is 0 Å². The maximum atomic E-state index is 11.8. The molecular weight excluding hydrogens is 228 g/mol. The van der Waals surface area contributed by atoms with Crippen LogP contribution in [0.1, 0.15) is 35.3 Å². The average molecular weight is 243 g/mol. The zero-order chi connectivity index (χ0) is 12.5. The Bertz CT molecular complexity index is 399. The largest absolute Gasteiger partial charge is 0.507 e. The van der Waals surface area contributed by atoms with Gasteiger partial charge in [-0.1, -0.05) is 11.6 Å². The van der Waals surface area contributed by atoms with Gasteiger partial charge in [0.25, 0.3) is 0 Å². The summed E-state index contributed by atoms with van der Waals surface area (Å²) in [5, 5.41) is 10.3. The number of hydrogen-bond acceptors (Lipinski definition) is 3. The Balaban J connectivity index is 3.27. The van der Waals surface area contributed by atoms with Gasteiger partial charge in [-0.25, -0.2) is 4.79 Å². The zero-order valence-electron chi connectivity index (χ0n) is 9.80. The molecule has 1 aromatic carbocycles. The van der Waals surface area contributed by atoms with E-state index in [0.29, 0.717) is 16.1 Å². The molecule has 0 heterocycles. The number of carbonyl (C=O) groups excluding carboxylic acids is 1. The molecule has 0 bridgehead atoms. The van der Waals surface area contributed by atoms with Crippen molar-refractivity contribution in [3.05, 3.63) is 27.8 Å². The third-order valence-electron chi connectivity index (χ3n) is 2.23. The molecule has 4 heteroatoms. The van der Waals surface area contributed by atoms with Crippen LogP contribution in [-0.2, 0) is 4.74 Å². The van der Waals surface area contributed by atoms with Crippen molar-refractivity contribution >= 4 is 17.6 Å². The minimum Gasteiger partial charge on any atom is -0.507 e. The van der Waals surface area contributed by atoms with E-state index in [-0.39, 0.29) is 17.4 Å². The molecule has 0 aliphatic heterocycles. The van der Waals surface area contributed by atoms with Crippen LogP contribution in [0, 0.1) is 13.8 Å². The number of halogens is 1. The van der Waals surface area contributed by atoms with E-state index >= 15 is 0 Å². The molecule has 0 spiro atoms. The molecule has 1 N–H and O–H groups in total. The summed E-state index contributed by atoms with van der Waals surface area (Å²) in [6.45, 7) is 6.87. The van der Waals surface area contributed by atoms with Crippen molar-refractivity contribution in [2.24, 2.45) is 0 Å². The number of rotatable bonds is 2. The lowest BCUT2D eigenvalue weighted by molar-refractivity contribution is 0.0373. The third-order valence-corrected chi connectivity index (χ3v) is 2.63. The molecule has 0 aliphatic carbocycles. The summed E-state index contributed by atoms with van der Waals surface area (Å²) < 4.78 is 5.05. The second-order valence-electron chi connectivity index (χ2n) is 3.98. The molecule has 0 saturated heterocycles. The first-order valence-electron chi connectivity index (χ1n) is 5.04. The van der Waals surface area contributed by atoms with Crippen LogP contribution in [0.25, 0.3) is 0 Å². The molecule has 0 amide bonds. The molecule has 0 atom stereocenters. The van der Waals surface area contributed by atoms with E-state index in [1.165, 1.54) is 0 Å². The fraction of sp³-hybridized carbons (Fsp3) is 0.417. The standard InChI is InChI=1S/C12H15ClO3/c1-6(2)16-12(15)10-8(4)9(13)5-7(3)11(10)14/h5-6,14H,1-4H3. The van der Waals surface area contributed by atoms with E-state index in [1.54, 1.807) is 33.8 Å². The van der Waals surface area contributed by atoms with Gasteiger partial charge in [-0.15, -0.1) is 0 Å². The maximum absolute atomic E-state index is 11.8. The molecule has 0 saturated carbocycles. The summed E-state index contributed by atoms with van der Waals surface area (Å²) in [6, 6.07) is 1.62. The van der Waals surface area contributed by atoms with Crippen molar-refractivity contribution in [1.29, 1.82) is 0 Å². The second-order valence-corrected chi connectivity index (χ2v) is 4.39. The van der Waals surface area contributed by atoms with Crippen molar-refractivity contribution in [2.75, 3.05) is 0 Å². The molecule has 0 fully saturated rings. The molecular formula is C12H15ClO3. The first-order valence-corrected chi connectivity index (χ1v) is 5.42. The highest BCUT2D eigenvalue weighted by atomic mass is 35.5. The fourth-order valence-corrected chi connectivity index (χ4v) is 1.64. The van der Waals surface area contributed by atoms with Crippen LogP contribution in [0.2, 0.25) is 5.02 Å². The Hall–Kier alpha value is -1.22. The van der Waals surface area contributed by atoms with E-state index in [9.17, 15) is 9.90 Å². The first kappa shape index (κ1) is 12.8. The zero-order valence-corrected chi connectivity index (χ0v) is 10.6. The van der Waals surface area contributed by atoms with Crippen molar-refractivity contribution in [1.82, 2.24) is 0 Å². The van der Waals surface area contributed by atoms with Gasteiger partial charge in [-0.05, 0) is 44.9 Å². The van der Waals surface area contributed by atoms with E-state index in [1.807, 2.05) is 0 Å². The molecule has 0 radical (unpaired) electrons. The van der Waals surface area contributed by atoms with E-state index in [0.717, 1.165) is 0 Å². The fourth-order valence-electron chi connectivity index (χ4n) is 1.38. The van der Waals surface area contributed by atoms with Crippen LogP contribution < -0.4 is 0 Å². The number of aromatic hydroxyl groups is 1. The topological polar surface area (TPSA) is 46.5 Å². The quantitative estimate of drug-likeness (QED) is 0.810. The van der Waals surface area contributed by atoms with Gasteiger partial charge >= 0.3 is 5.97 Å². The Morgan fingerprint density at radius 3 is 2.50 bits per heavy atom. The van der Waals surface area contributed by atoms with Gasteiger partial charge in [0.2, 0.25) is 0 Å². The Labute approximate surface area is 100.0 Å². The van der Waals surface area contributed by atoms with Crippen LogP contribution in [0.4, 0.5) is 0 Å². The first-order chi connectivity index (χ1) is 7.34. The van der Waals surface area contributed by atoms with E-state index in [4.69, 9.17) is 16.3 Å². The van der Waals surface area contributed by atoms with Gasteiger partial charge < -0.3 is 9.84 Å². The van der Waals surface area contributed by atoms with Crippen LogP contribution in [-0.4, -0.2) is 17.2 Å². The molecule has 3 nitrogen and oxygen atoms in total. The molecule has 88 valence electrons. The van der Waals surface area contributed by atoms with Crippen LogP contribution in [0.5, 0.6) is 5.75 Å². The lowest BCUT2D eigenvalue weighted by Crippen LogP contribution is -2.13. The van der Waals surface area contributed by atoms with Gasteiger partial charge in [0.05, 0.1) is 6.10 Å². The monoisotopic (exact) mass is 242 g/mol. The highest BCUT2D eigenvalue weighted by Crippen LogP contribution is 2.31. The van der Waals surface area contributed by atoms with Crippen molar-refractivity contribution in [3.63, 3.8) is 0 Å². The maximum Gasteiger partial charge on any atom is 0.342 e. The minimum absolute atomic E-state index is 0.0625. The summed E-state index contributed by atoms with van der Waals surface area (Å²) in [4.78, 5) is 11.8. The highest BCUT2D eigenvalue weighted by molar-refractivity contribution is 6.32. The Morgan fingerprint density at radius 1 is 1.44 bits per heavy atom. The number of hydrogen-bond donors (Lipinski definition) is 1. The van der Waals surface area contributed by atoms with Crippen molar-refractivity contribution in [2.45, 2.75) is 33.8 Å². The summed E-state index contributed by atoms with van der Waals surface area (Å²) in [5.74, 6) is -0.608. The SMILES string of the molecule is Cc1cc(Cl)c(C)c(C(=O)OC(C)C)c1O. The van der Waals surface area contributed by atoms with Crippen LogP contribution >= 0.6 is 11.6 Å². The van der Waals surface area contributed by atoms with E-state index < -0.39 is 5.97 Å². The number of carbonyl (C=O) groups is 1. The Kier molecular flexibility index (Phi) is 3.81. The second kappa shape index (κ2) is 4.74. The van der Waals surface area contributed by atoms with E-state index in [2.05, 4.69) is 0 Å². The predicted molar refractivity (Wildman–Crippen MR) is 63.1 cm³/mol. The normalized spacial score (nSPS) is 10.6. The van der Waals surface area contributed by atoms with Crippen LogP contribution in [0.3, 0.4) is 0 Å². The molecule has 1 rings (SSSR count). The molecule has 16 heavy (non-hydrogen) atoms. The predicted octanol–water partition coefficient (Wildman–Crippen LogP) is 3.23. The molecule has 0 unspecified atom stereocenters. The third kappa shape index (κ3) is 2.47. The number of benzene rings is 1. The van der Waals surface area contributed by atoms with Crippen LogP contribution in [0.15, 0.2) is 6.07 Å². The number of aryl methyl sites for hydroxylation is 1. The van der Waals surface area contributed by atoms with Gasteiger partial charge in [-0.3, -0.25) is 0 Å². The number of esters is 1. The summed E-state index contributed by atoms with van der Waals surface area (Å²) in [5.41, 5.74) is 1.25. The lowest BCUT2D eigenvalue weighted by Gasteiger charge is -2.13. The summed E-state index contributed by atoms with van der Waals surface area (Å²) in [7, 11) is 0. The average Bonchev–Trinajstić information content (AvgIpc) is 2.14. The lowest BCUT2D eigenvalue weighted by atomic mass is 10.0. The van der Waals surface area contributed by atoms with Gasteiger partial charge in [0, 0.05) is 5.02 Å². The molecule has 0 aromatic heterocycles. The number of ether oxygens (including phenoxy) is 1. The van der Waals surface area contributed by atoms with Crippen molar-refractivity contribution < 1.29 is 14.6 Å². The number of phenolic OH excluding ortho intramolecular Hbond substituents is 1. The molecule has 0 aliphatic rings. The smallest absolute Gasteiger partial charge is 0.342 e. The van der Waals surface area contributed by atoms with Crippen molar-refractivity contribution in [3.8, 4) is 5.75 Å². The summed E-state index contributed by atoms with van der Waals surface area (Å²) >= 11 is 5.95. The van der Waals surface area contributed by atoms with Gasteiger partial charge in [-0.2, -0.15) is 0 Å².